The maximum Gasteiger partial charge on any atom is 0.272 e. The number of nitro benzene ring substituents is 1. The number of para-hydroxylation sites is 1. The van der Waals surface area contributed by atoms with Gasteiger partial charge in [0.1, 0.15) is 0 Å². The van der Waals surface area contributed by atoms with E-state index >= 15 is 0 Å². The van der Waals surface area contributed by atoms with Crippen molar-refractivity contribution in [3.8, 4) is 0 Å². The van der Waals surface area contributed by atoms with Crippen LogP contribution in [0, 0.1) is 10.1 Å². The van der Waals surface area contributed by atoms with Gasteiger partial charge < -0.3 is 9.88 Å². The molecular formula is C15H20N4O2. The molecule has 0 aliphatic heterocycles. The number of benzene rings is 1. The van der Waals surface area contributed by atoms with Crippen molar-refractivity contribution in [3.05, 3.63) is 58.7 Å². The lowest BCUT2D eigenvalue weighted by molar-refractivity contribution is -0.385. The Bertz CT molecular complexity index is 555. The second-order valence-corrected chi connectivity index (χ2v) is 4.89. The first kappa shape index (κ1) is 15.2. The Morgan fingerprint density at radius 3 is 2.86 bits per heavy atom. The molecule has 0 aliphatic carbocycles. The van der Waals surface area contributed by atoms with Gasteiger partial charge in [-0.05, 0) is 32.4 Å². The smallest absolute Gasteiger partial charge is 0.272 e. The molecule has 0 amide bonds. The summed E-state index contributed by atoms with van der Waals surface area (Å²) in [4.78, 5) is 14.6. The van der Waals surface area contributed by atoms with Crippen LogP contribution in [0.5, 0.6) is 0 Å². The Kier molecular flexibility index (Phi) is 5.90. The van der Waals surface area contributed by atoms with Crippen LogP contribution in [0.3, 0.4) is 0 Å². The van der Waals surface area contributed by atoms with E-state index in [9.17, 15) is 10.1 Å². The standard InChI is InChI=1S/C15H20N4O2/c20-19(21)15-6-2-1-5-14(15)7-9-16-8-3-4-11-18-12-10-17-13-18/h1-2,5-6,10,12-13,16H,3-4,7-9,11H2. The zero-order valence-electron chi connectivity index (χ0n) is 11.9. The Hall–Kier alpha value is -2.21. The molecule has 0 fully saturated rings. The number of aromatic nitrogens is 2. The molecule has 112 valence electrons. The lowest BCUT2D eigenvalue weighted by Crippen LogP contribution is -2.19. The number of nitrogens with zero attached hydrogens (tertiary/aromatic N) is 3. The molecule has 0 bridgehead atoms. The van der Waals surface area contributed by atoms with Crippen LogP contribution in [0.15, 0.2) is 43.0 Å². The number of hydrogen-bond donors (Lipinski definition) is 1. The predicted octanol–water partition coefficient (Wildman–Crippen LogP) is 2.40. The average molecular weight is 288 g/mol. The van der Waals surface area contributed by atoms with Gasteiger partial charge in [0.05, 0.1) is 11.3 Å². The van der Waals surface area contributed by atoms with Crippen LogP contribution in [0.2, 0.25) is 0 Å². The monoisotopic (exact) mass is 288 g/mol. The Morgan fingerprint density at radius 2 is 2.10 bits per heavy atom. The fourth-order valence-corrected chi connectivity index (χ4v) is 2.21. The molecule has 0 unspecified atom stereocenters. The zero-order valence-corrected chi connectivity index (χ0v) is 11.9. The summed E-state index contributed by atoms with van der Waals surface area (Å²) in [7, 11) is 0. The van der Waals surface area contributed by atoms with E-state index in [1.165, 1.54) is 0 Å². The molecule has 2 aromatic rings. The molecular weight excluding hydrogens is 268 g/mol. The molecule has 1 aromatic heterocycles. The van der Waals surface area contributed by atoms with Gasteiger partial charge in [0.25, 0.3) is 5.69 Å². The first-order chi connectivity index (χ1) is 10.3. The molecule has 2 rings (SSSR count). The van der Waals surface area contributed by atoms with Gasteiger partial charge in [0, 0.05) is 30.6 Å². The maximum absolute atomic E-state index is 10.9. The number of nitro groups is 1. The van der Waals surface area contributed by atoms with Gasteiger partial charge in [-0.2, -0.15) is 0 Å². The summed E-state index contributed by atoms with van der Waals surface area (Å²) in [6.07, 6.45) is 8.41. The summed E-state index contributed by atoms with van der Waals surface area (Å²) in [6.45, 7) is 2.66. The number of nitrogens with one attached hydrogen (secondary N) is 1. The van der Waals surface area contributed by atoms with E-state index < -0.39 is 0 Å². The van der Waals surface area contributed by atoms with E-state index in [1.807, 2.05) is 24.7 Å². The fourth-order valence-electron chi connectivity index (χ4n) is 2.21. The van der Waals surface area contributed by atoms with Crippen molar-refractivity contribution in [2.45, 2.75) is 25.8 Å². The highest BCUT2D eigenvalue weighted by molar-refractivity contribution is 5.39. The van der Waals surface area contributed by atoms with Crippen LogP contribution < -0.4 is 5.32 Å². The van der Waals surface area contributed by atoms with Gasteiger partial charge in [0.2, 0.25) is 0 Å². The molecule has 0 radical (unpaired) electrons. The van der Waals surface area contributed by atoms with Crippen molar-refractivity contribution in [3.63, 3.8) is 0 Å². The van der Waals surface area contributed by atoms with Crippen molar-refractivity contribution < 1.29 is 4.92 Å². The van der Waals surface area contributed by atoms with Crippen molar-refractivity contribution in [2.24, 2.45) is 0 Å². The first-order valence-corrected chi connectivity index (χ1v) is 7.16. The van der Waals surface area contributed by atoms with Crippen molar-refractivity contribution in [1.29, 1.82) is 0 Å². The average Bonchev–Trinajstić information content (AvgIpc) is 3.00. The largest absolute Gasteiger partial charge is 0.337 e. The third-order valence-corrected chi connectivity index (χ3v) is 3.34. The first-order valence-electron chi connectivity index (χ1n) is 7.16. The van der Waals surface area contributed by atoms with E-state index in [-0.39, 0.29) is 10.6 Å². The second kappa shape index (κ2) is 8.16. The van der Waals surface area contributed by atoms with Crippen LogP contribution in [-0.4, -0.2) is 27.6 Å². The normalized spacial score (nSPS) is 10.7. The predicted molar refractivity (Wildman–Crippen MR) is 81.1 cm³/mol. The Morgan fingerprint density at radius 1 is 1.24 bits per heavy atom. The van der Waals surface area contributed by atoms with Gasteiger partial charge in [-0.1, -0.05) is 18.2 Å². The molecule has 0 atom stereocenters. The maximum atomic E-state index is 10.9. The molecule has 1 aromatic carbocycles. The minimum absolute atomic E-state index is 0.208. The third kappa shape index (κ3) is 5.00. The number of aryl methyl sites for hydroxylation is 1. The van der Waals surface area contributed by atoms with Crippen molar-refractivity contribution in [1.82, 2.24) is 14.9 Å². The summed E-state index contributed by atoms with van der Waals surface area (Å²) in [5.74, 6) is 0. The van der Waals surface area contributed by atoms with Gasteiger partial charge in [-0.3, -0.25) is 10.1 Å². The minimum atomic E-state index is -0.319. The minimum Gasteiger partial charge on any atom is -0.337 e. The molecule has 0 saturated carbocycles. The topological polar surface area (TPSA) is 73.0 Å². The molecule has 0 spiro atoms. The fraction of sp³-hybridized carbons (Fsp3) is 0.400. The lowest BCUT2D eigenvalue weighted by atomic mass is 10.1. The molecule has 0 saturated heterocycles. The molecule has 0 aliphatic rings. The van der Waals surface area contributed by atoms with Crippen LogP contribution in [0.4, 0.5) is 5.69 Å². The van der Waals surface area contributed by atoms with Crippen LogP contribution >= 0.6 is 0 Å². The highest BCUT2D eigenvalue weighted by Gasteiger charge is 2.10. The second-order valence-electron chi connectivity index (χ2n) is 4.89. The number of unbranched alkanes of at least 4 members (excludes halogenated alkanes) is 1. The van der Waals surface area contributed by atoms with Crippen LogP contribution in [0.25, 0.3) is 0 Å². The van der Waals surface area contributed by atoms with E-state index in [0.717, 1.165) is 38.0 Å². The molecule has 6 nitrogen and oxygen atoms in total. The van der Waals surface area contributed by atoms with Crippen LogP contribution in [-0.2, 0) is 13.0 Å². The molecule has 6 heteroatoms. The Labute approximate surface area is 124 Å². The third-order valence-electron chi connectivity index (χ3n) is 3.34. The quantitative estimate of drug-likeness (QED) is 0.437. The highest BCUT2D eigenvalue weighted by atomic mass is 16.6. The summed E-state index contributed by atoms with van der Waals surface area (Å²) < 4.78 is 2.06. The highest BCUT2D eigenvalue weighted by Crippen LogP contribution is 2.17. The zero-order chi connectivity index (χ0) is 14.9. The van der Waals surface area contributed by atoms with Gasteiger partial charge >= 0.3 is 0 Å². The van der Waals surface area contributed by atoms with Crippen molar-refractivity contribution in [2.75, 3.05) is 13.1 Å². The lowest BCUT2D eigenvalue weighted by Gasteiger charge is -2.06. The molecule has 1 N–H and O–H groups in total. The van der Waals surface area contributed by atoms with E-state index in [4.69, 9.17) is 0 Å². The number of imidazole rings is 1. The molecule has 1 heterocycles. The van der Waals surface area contributed by atoms with E-state index in [0.29, 0.717) is 6.42 Å². The van der Waals surface area contributed by atoms with E-state index in [1.54, 1.807) is 18.3 Å². The van der Waals surface area contributed by atoms with Gasteiger partial charge in [-0.15, -0.1) is 0 Å². The molecule has 21 heavy (non-hydrogen) atoms. The van der Waals surface area contributed by atoms with Gasteiger partial charge in [0.15, 0.2) is 0 Å². The van der Waals surface area contributed by atoms with E-state index in [2.05, 4.69) is 14.9 Å². The number of rotatable bonds is 9. The van der Waals surface area contributed by atoms with Gasteiger partial charge in [-0.25, -0.2) is 4.98 Å². The van der Waals surface area contributed by atoms with Crippen molar-refractivity contribution >= 4 is 5.69 Å². The SMILES string of the molecule is O=[N+]([O-])c1ccccc1CCNCCCCn1ccnc1. The summed E-state index contributed by atoms with van der Waals surface area (Å²) in [6, 6.07) is 6.91. The van der Waals surface area contributed by atoms with Crippen LogP contribution in [0.1, 0.15) is 18.4 Å². The summed E-state index contributed by atoms with van der Waals surface area (Å²) >= 11 is 0. The Balaban J connectivity index is 1.60. The summed E-state index contributed by atoms with van der Waals surface area (Å²) in [5, 5.41) is 14.2. The number of hydrogen-bond acceptors (Lipinski definition) is 4. The summed E-state index contributed by atoms with van der Waals surface area (Å²) in [5.41, 5.74) is 0.993.